The number of benzene rings is 2. The number of hydrogen-bond donors (Lipinski definition) is 2. The fourth-order valence-electron chi connectivity index (χ4n) is 3.78. The molecule has 2 aromatic rings. The number of nitrogens with zero attached hydrogens (tertiary/aromatic N) is 1. The third-order valence-electron chi connectivity index (χ3n) is 5.58. The van der Waals surface area contributed by atoms with E-state index in [1.165, 1.54) is 7.11 Å². The molecule has 0 aliphatic carbocycles. The molecule has 1 saturated heterocycles. The first-order valence-electron chi connectivity index (χ1n) is 11.0. The molecule has 1 aliphatic heterocycles. The highest BCUT2D eigenvalue weighted by atomic mass is 16.5. The van der Waals surface area contributed by atoms with Gasteiger partial charge in [0.2, 0.25) is 5.91 Å². The maximum atomic E-state index is 13.0. The molecule has 1 atom stereocenters. The van der Waals surface area contributed by atoms with Gasteiger partial charge in [-0.1, -0.05) is 26.0 Å². The van der Waals surface area contributed by atoms with Crippen molar-refractivity contribution in [1.29, 1.82) is 0 Å². The van der Waals surface area contributed by atoms with E-state index >= 15 is 0 Å². The van der Waals surface area contributed by atoms with Crippen molar-refractivity contribution in [2.24, 2.45) is 5.92 Å². The average Bonchev–Trinajstić information content (AvgIpc) is 3.29. The van der Waals surface area contributed by atoms with Gasteiger partial charge in [0.1, 0.15) is 11.8 Å². The maximum Gasteiger partial charge on any atom is 0.259 e. The molecule has 1 fully saturated rings. The first-order valence-corrected chi connectivity index (χ1v) is 11.0. The molecule has 0 spiro atoms. The van der Waals surface area contributed by atoms with Gasteiger partial charge in [-0.15, -0.1) is 0 Å². The summed E-state index contributed by atoms with van der Waals surface area (Å²) in [5.41, 5.74) is 1.49. The van der Waals surface area contributed by atoms with Crippen LogP contribution in [0.2, 0.25) is 0 Å². The predicted molar refractivity (Wildman–Crippen MR) is 124 cm³/mol. The zero-order chi connectivity index (χ0) is 23.1. The lowest BCUT2D eigenvalue weighted by molar-refractivity contribution is -0.124. The zero-order valence-corrected chi connectivity index (χ0v) is 18.9. The van der Waals surface area contributed by atoms with Gasteiger partial charge in [-0.2, -0.15) is 0 Å². The molecule has 0 radical (unpaired) electrons. The van der Waals surface area contributed by atoms with Gasteiger partial charge >= 0.3 is 0 Å². The van der Waals surface area contributed by atoms with E-state index in [1.807, 2.05) is 0 Å². The Bertz CT molecular complexity index is 956. The monoisotopic (exact) mass is 437 g/mol. The molecule has 1 aliphatic rings. The number of rotatable bonds is 8. The molecule has 0 aromatic heterocycles. The molecule has 170 valence electrons. The fourth-order valence-corrected chi connectivity index (χ4v) is 3.78. The lowest BCUT2D eigenvalue weighted by atomic mass is 10.1. The summed E-state index contributed by atoms with van der Waals surface area (Å²) in [4.78, 5) is 39.8. The van der Waals surface area contributed by atoms with Crippen LogP contribution in [0, 0.1) is 5.92 Å². The average molecular weight is 438 g/mol. The van der Waals surface area contributed by atoms with Crippen LogP contribution < -0.4 is 15.4 Å². The molecule has 32 heavy (non-hydrogen) atoms. The number of likely N-dealkylation sites (tertiary alicyclic amines) is 1. The Morgan fingerprint density at radius 2 is 1.81 bits per heavy atom. The van der Waals surface area contributed by atoms with E-state index in [2.05, 4.69) is 24.5 Å². The van der Waals surface area contributed by atoms with E-state index in [1.54, 1.807) is 53.4 Å². The molecule has 2 aromatic carbocycles. The van der Waals surface area contributed by atoms with Gasteiger partial charge in [0, 0.05) is 24.3 Å². The summed E-state index contributed by atoms with van der Waals surface area (Å²) in [6.07, 6.45) is 2.39. The van der Waals surface area contributed by atoms with Crippen LogP contribution in [0.25, 0.3) is 0 Å². The summed E-state index contributed by atoms with van der Waals surface area (Å²) in [7, 11) is 1.52. The van der Waals surface area contributed by atoms with Crippen molar-refractivity contribution in [2.45, 2.75) is 39.2 Å². The third-order valence-corrected chi connectivity index (χ3v) is 5.58. The van der Waals surface area contributed by atoms with Crippen LogP contribution in [-0.2, 0) is 4.79 Å². The van der Waals surface area contributed by atoms with Gasteiger partial charge < -0.3 is 20.3 Å². The molecule has 2 N–H and O–H groups in total. The Labute approximate surface area is 189 Å². The highest BCUT2D eigenvalue weighted by Crippen LogP contribution is 2.22. The van der Waals surface area contributed by atoms with Gasteiger partial charge in [0.25, 0.3) is 11.8 Å². The van der Waals surface area contributed by atoms with Crippen molar-refractivity contribution >= 4 is 23.4 Å². The second-order valence-corrected chi connectivity index (χ2v) is 8.36. The Morgan fingerprint density at radius 3 is 2.50 bits per heavy atom. The van der Waals surface area contributed by atoms with Crippen molar-refractivity contribution in [3.8, 4) is 5.75 Å². The largest absolute Gasteiger partial charge is 0.496 e. The minimum Gasteiger partial charge on any atom is -0.496 e. The topological polar surface area (TPSA) is 87.7 Å². The minimum absolute atomic E-state index is 0.0859. The van der Waals surface area contributed by atoms with Crippen LogP contribution in [0.3, 0.4) is 0 Å². The van der Waals surface area contributed by atoms with E-state index in [-0.39, 0.29) is 17.7 Å². The summed E-state index contributed by atoms with van der Waals surface area (Å²) in [5, 5.41) is 5.78. The van der Waals surface area contributed by atoms with Crippen LogP contribution in [-0.4, -0.2) is 48.9 Å². The molecular weight excluding hydrogens is 406 g/mol. The summed E-state index contributed by atoms with van der Waals surface area (Å²) >= 11 is 0. The van der Waals surface area contributed by atoms with Crippen LogP contribution >= 0.6 is 0 Å². The van der Waals surface area contributed by atoms with Gasteiger partial charge in [-0.05, 0) is 61.6 Å². The summed E-state index contributed by atoms with van der Waals surface area (Å²) < 4.78 is 5.23. The van der Waals surface area contributed by atoms with Gasteiger partial charge in [0.05, 0.1) is 12.7 Å². The highest BCUT2D eigenvalue weighted by molar-refractivity contribution is 6.06. The van der Waals surface area contributed by atoms with Crippen LogP contribution in [0.4, 0.5) is 5.69 Å². The molecule has 7 heteroatoms. The number of ether oxygens (including phenoxy) is 1. The number of anilines is 1. The number of carbonyl (C=O) groups excluding carboxylic acids is 3. The van der Waals surface area contributed by atoms with Gasteiger partial charge in [-0.3, -0.25) is 14.4 Å². The van der Waals surface area contributed by atoms with Gasteiger partial charge in [-0.25, -0.2) is 0 Å². The summed E-state index contributed by atoms with van der Waals surface area (Å²) in [5.74, 6) is 0.452. The first-order chi connectivity index (χ1) is 15.4. The predicted octanol–water partition coefficient (Wildman–Crippen LogP) is 3.71. The second kappa shape index (κ2) is 10.8. The Hall–Kier alpha value is -3.35. The molecule has 7 nitrogen and oxygen atoms in total. The molecule has 1 unspecified atom stereocenters. The summed E-state index contributed by atoms with van der Waals surface area (Å²) in [6, 6.07) is 13.3. The van der Waals surface area contributed by atoms with Crippen LogP contribution in [0.15, 0.2) is 48.5 Å². The third kappa shape index (κ3) is 5.66. The Kier molecular flexibility index (Phi) is 7.87. The van der Waals surface area contributed by atoms with Crippen molar-refractivity contribution in [3.63, 3.8) is 0 Å². The van der Waals surface area contributed by atoms with Crippen molar-refractivity contribution in [2.75, 3.05) is 25.5 Å². The Morgan fingerprint density at radius 1 is 1.09 bits per heavy atom. The van der Waals surface area contributed by atoms with E-state index in [0.717, 1.165) is 12.8 Å². The van der Waals surface area contributed by atoms with Crippen LogP contribution in [0.5, 0.6) is 5.75 Å². The van der Waals surface area contributed by atoms with Crippen molar-refractivity contribution in [1.82, 2.24) is 10.2 Å². The quantitative estimate of drug-likeness (QED) is 0.659. The molecule has 3 amide bonds. The van der Waals surface area contributed by atoms with Gasteiger partial charge in [0.15, 0.2) is 0 Å². The second-order valence-electron chi connectivity index (χ2n) is 8.36. The number of nitrogens with one attached hydrogen (secondary N) is 2. The lowest BCUT2D eigenvalue weighted by Gasteiger charge is -2.24. The molecule has 0 saturated carbocycles. The van der Waals surface area contributed by atoms with Crippen molar-refractivity contribution in [3.05, 3.63) is 59.7 Å². The number of methoxy groups -OCH3 is 1. The standard InChI is InChI=1S/C25H31N3O4/c1-17(2)14-15-26-24(30)21-8-6-16-28(21)25(31)18-10-12-19(13-11-18)27-23(29)20-7-4-5-9-22(20)32-3/h4-5,7,9-13,17,21H,6,8,14-16H2,1-3H3,(H,26,30)(H,27,29). The normalized spacial score (nSPS) is 15.5. The Balaban J connectivity index is 1.63. The first kappa shape index (κ1) is 23.3. The lowest BCUT2D eigenvalue weighted by Crippen LogP contribution is -2.46. The van der Waals surface area contributed by atoms with E-state index in [9.17, 15) is 14.4 Å². The number of para-hydroxylation sites is 1. The van der Waals surface area contributed by atoms with E-state index < -0.39 is 6.04 Å². The highest BCUT2D eigenvalue weighted by Gasteiger charge is 2.34. The van der Waals surface area contributed by atoms with E-state index in [4.69, 9.17) is 4.74 Å². The molecular formula is C25H31N3O4. The number of hydrogen-bond acceptors (Lipinski definition) is 4. The molecule has 1 heterocycles. The maximum absolute atomic E-state index is 13.0. The fraction of sp³-hybridized carbons (Fsp3) is 0.400. The zero-order valence-electron chi connectivity index (χ0n) is 18.9. The molecule has 3 rings (SSSR count). The smallest absolute Gasteiger partial charge is 0.259 e. The SMILES string of the molecule is COc1ccccc1C(=O)Nc1ccc(C(=O)N2CCCC2C(=O)NCCC(C)C)cc1. The van der Waals surface area contributed by atoms with Crippen molar-refractivity contribution < 1.29 is 19.1 Å². The van der Waals surface area contributed by atoms with Crippen LogP contribution in [0.1, 0.15) is 53.8 Å². The molecule has 0 bridgehead atoms. The number of carbonyl (C=O) groups is 3. The number of amides is 3. The minimum atomic E-state index is -0.431. The summed E-state index contributed by atoms with van der Waals surface area (Å²) in [6.45, 7) is 5.41. The van der Waals surface area contributed by atoms with E-state index in [0.29, 0.717) is 48.0 Å².